The van der Waals surface area contributed by atoms with E-state index in [1.807, 2.05) is 42.5 Å². The largest absolute Gasteiger partial charge is 0.385 e. The Labute approximate surface area is 202 Å². The summed E-state index contributed by atoms with van der Waals surface area (Å²) in [4.78, 5) is 35.9. The Morgan fingerprint density at radius 2 is 1.66 bits per heavy atom. The Hall–Kier alpha value is -4.27. The van der Waals surface area contributed by atoms with Crippen molar-refractivity contribution < 1.29 is 14.6 Å². The molecule has 9 heteroatoms. The molecular formula is C26H26N4O5. The highest BCUT2D eigenvalue weighted by atomic mass is 16.6. The van der Waals surface area contributed by atoms with E-state index in [-0.39, 0.29) is 5.56 Å². The minimum absolute atomic E-state index is 0.0396. The number of aryl methyl sites for hydroxylation is 1. The van der Waals surface area contributed by atoms with Gasteiger partial charge in [0.1, 0.15) is 0 Å². The maximum absolute atomic E-state index is 13.4. The predicted octanol–water partition coefficient (Wildman–Crippen LogP) is 5.60. The summed E-state index contributed by atoms with van der Waals surface area (Å²) in [7, 11) is 0. The predicted molar refractivity (Wildman–Crippen MR) is 134 cm³/mol. The van der Waals surface area contributed by atoms with Crippen LogP contribution < -0.4 is 10.2 Å². The maximum Gasteiger partial charge on any atom is 0.346 e. The lowest BCUT2D eigenvalue weighted by Crippen LogP contribution is -2.32. The summed E-state index contributed by atoms with van der Waals surface area (Å²) in [6, 6.07) is 20.7. The van der Waals surface area contributed by atoms with Gasteiger partial charge in [0.25, 0.3) is 5.91 Å². The van der Waals surface area contributed by atoms with Crippen molar-refractivity contribution >= 4 is 28.7 Å². The van der Waals surface area contributed by atoms with Crippen LogP contribution in [0.4, 0.5) is 22.7 Å². The lowest BCUT2D eigenvalue weighted by molar-refractivity contribution is -0.422. The zero-order chi connectivity index (χ0) is 24.8. The third-order valence-corrected chi connectivity index (χ3v) is 6.34. The number of hydrogen-bond donors (Lipinski definition) is 1. The molecule has 0 aromatic heterocycles. The van der Waals surface area contributed by atoms with Crippen molar-refractivity contribution in [3.63, 3.8) is 0 Å². The Kier molecular flexibility index (Phi) is 7.35. The summed E-state index contributed by atoms with van der Waals surface area (Å²) in [6.45, 7) is 1.29. The molecule has 1 unspecified atom stereocenters. The number of nitro benzene ring substituents is 2. The van der Waals surface area contributed by atoms with E-state index in [1.165, 1.54) is 17.3 Å². The van der Waals surface area contributed by atoms with Crippen LogP contribution in [-0.4, -0.2) is 28.8 Å². The molecular weight excluding hydrogens is 448 g/mol. The van der Waals surface area contributed by atoms with Gasteiger partial charge >= 0.3 is 11.4 Å². The van der Waals surface area contributed by atoms with Crippen molar-refractivity contribution in [1.29, 1.82) is 0 Å². The Morgan fingerprint density at radius 1 is 0.943 bits per heavy atom. The molecule has 1 aliphatic rings. The molecule has 0 fully saturated rings. The van der Waals surface area contributed by atoms with E-state index >= 15 is 0 Å². The van der Waals surface area contributed by atoms with Gasteiger partial charge in [-0.15, -0.1) is 0 Å². The van der Waals surface area contributed by atoms with Crippen LogP contribution in [0.15, 0.2) is 72.8 Å². The number of nitrogens with one attached hydrogen (secondary N) is 1. The molecule has 180 valence electrons. The number of benzene rings is 3. The molecule has 1 N–H and O–H groups in total. The van der Waals surface area contributed by atoms with Gasteiger partial charge < -0.3 is 10.2 Å². The van der Waals surface area contributed by atoms with Crippen molar-refractivity contribution in [2.45, 2.75) is 25.7 Å². The summed E-state index contributed by atoms with van der Waals surface area (Å²) >= 11 is 0. The molecule has 1 aliphatic heterocycles. The second-order valence-corrected chi connectivity index (χ2v) is 8.60. The summed E-state index contributed by atoms with van der Waals surface area (Å²) in [5.41, 5.74) is 1.87. The second kappa shape index (κ2) is 10.8. The fraction of sp³-hybridized carbons (Fsp3) is 0.269. The molecule has 9 nitrogen and oxygen atoms in total. The summed E-state index contributed by atoms with van der Waals surface area (Å²) in [5, 5.41) is 26.0. The van der Waals surface area contributed by atoms with Gasteiger partial charge in [0.15, 0.2) is 0 Å². The van der Waals surface area contributed by atoms with E-state index in [0.29, 0.717) is 18.2 Å². The highest BCUT2D eigenvalue weighted by Crippen LogP contribution is 2.30. The fourth-order valence-corrected chi connectivity index (χ4v) is 4.48. The smallest absolute Gasteiger partial charge is 0.346 e. The number of hydrogen-bond acceptors (Lipinski definition) is 6. The highest BCUT2D eigenvalue weighted by Gasteiger charge is 2.28. The lowest BCUT2D eigenvalue weighted by Gasteiger charge is -2.24. The topological polar surface area (TPSA) is 119 Å². The third-order valence-electron chi connectivity index (χ3n) is 6.34. The van der Waals surface area contributed by atoms with E-state index in [1.54, 1.807) is 4.90 Å². The molecule has 0 aliphatic carbocycles. The van der Waals surface area contributed by atoms with Gasteiger partial charge in [-0.2, -0.15) is 0 Å². The number of fused-ring (bicyclic) bond motifs is 1. The van der Waals surface area contributed by atoms with Gasteiger partial charge in [0.05, 0.1) is 9.85 Å². The molecule has 0 saturated heterocycles. The fourth-order valence-electron chi connectivity index (χ4n) is 4.48. The van der Waals surface area contributed by atoms with Crippen LogP contribution >= 0.6 is 0 Å². The molecule has 1 amide bonds. The molecule has 1 atom stereocenters. The second-order valence-electron chi connectivity index (χ2n) is 8.60. The normalized spacial score (nSPS) is 14.8. The van der Waals surface area contributed by atoms with Gasteiger partial charge in [-0.25, -0.2) is 0 Å². The van der Waals surface area contributed by atoms with Crippen molar-refractivity contribution in [2.75, 3.05) is 23.3 Å². The first kappa shape index (κ1) is 23.9. The summed E-state index contributed by atoms with van der Waals surface area (Å²) < 4.78 is 0. The van der Waals surface area contributed by atoms with Crippen LogP contribution in [0.5, 0.6) is 0 Å². The van der Waals surface area contributed by atoms with Crippen molar-refractivity contribution in [3.8, 4) is 0 Å². The SMILES string of the molecule is O=C(c1ccc([N+](=O)[O-])c([N+](=O)[O-])c1)N(CCCC1CCc2ccccc2NC1)c1ccccc1. The average molecular weight is 475 g/mol. The van der Waals surface area contributed by atoms with Gasteiger partial charge in [-0.3, -0.25) is 25.0 Å². The number of carbonyl (C=O) groups excluding carboxylic acids is 1. The maximum atomic E-state index is 13.4. The number of nitro groups is 2. The van der Waals surface area contributed by atoms with E-state index in [0.717, 1.165) is 44.4 Å². The number of nitrogens with zero attached hydrogens (tertiary/aromatic N) is 3. The first-order chi connectivity index (χ1) is 16.9. The van der Waals surface area contributed by atoms with E-state index in [2.05, 4.69) is 17.4 Å². The van der Waals surface area contributed by atoms with Crippen LogP contribution in [0, 0.1) is 26.1 Å². The molecule has 0 bridgehead atoms. The molecule has 0 radical (unpaired) electrons. The summed E-state index contributed by atoms with van der Waals surface area (Å²) in [5.74, 6) is 0.0242. The zero-order valence-corrected chi connectivity index (χ0v) is 19.1. The van der Waals surface area contributed by atoms with Gasteiger partial charge in [0.2, 0.25) is 0 Å². The number of para-hydroxylation sites is 2. The minimum Gasteiger partial charge on any atom is -0.385 e. The molecule has 0 spiro atoms. The quantitative estimate of drug-likeness (QED) is 0.335. The monoisotopic (exact) mass is 474 g/mol. The molecule has 35 heavy (non-hydrogen) atoms. The highest BCUT2D eigenvalue weighted by molar-refractivity contribution is 6.06. The van der Waals surface area contributed by atoms with Gasteiger partial charge in [-0.05, 0) is 61.4 Å². The van der Waals surface area contributed by atoms with Crippen LogP contribution in [0.1, 0.15) is 35.2 Å². The van der Waals surface area contributed by atoms with Crippen LogP contribution in [-0.2, 0) is 6.42 Å². The van der Waals surface area contributed by atoms with E-state index < -0.39 is 27.1 Å². The molecule has 0 saturated carbocycles. The molecule has 3 aromatic rings. The number of anilines is 2. The third kappa shape index (κ3) is 5.63. The van der Waals surface area contributed by atoms with Crippen LogP contribution in [0.3, 0.4) is 0 Å². The average Bonchev–Trinajstić information content (AvgIpc) is 3.09. The first-order valence-electron chi connectivity index (χ1n) is 11.6. The molecule has 1 heterocycles. The van der Waals surface area contributed by atoms with Crippen molar-refractivity contribution in [1.82, 2.24) is 0 Å². The number of amides is 1. The number of carbonyl (C=O) groups is 1. The zero-order valence-electron chi connectivity index (χ0n) is 19.1. The Balaban J connectivity index is 1.48. The Morgan fingerprint density at radius 3 is 2.40 bits per heavy atom. The van der Waals surface area contributed by atoms with Crippen LogP contribution in [0.25, 0.3) is 0 Å². The standard InChI is InChI=1S/C26H26N4O5/c31-26(21-14-15-24(29(32)33)25(17-21)30(34)35)28(22-9-2-1-3-10-22)16-6-7-19-12-13-20-8-4-5-11-23(20)27-18-19/h1-5,8-11,14-15,17,19,27H,6-7,12-13,16,18H2. The van der Waals surface area contributed by atoms with Gasteiger partial charge in [-0.1, -0.05) is 36.4 Å². The Bertz CT molecular complexity index is 1200. The van der Waals surface area contributed by atoms with Crippen LogP contribution in [0.2, 0.25) is 0 Å². The summed E-state index contributed by atoms with van der Waals surface area (Å²) in [6.07, 6.45) is 3.72. The van der Waals surface area contributed by atoms with Crippen molar-refractivity contribution in [3.05, 3.63) is 104 Å². The first-order valence-corrected chi connectivity index (χ1v) is 11.6. The van der Waals surface area contributed by atoms with Crippen molar-refractivity contribution in [2.24, 2.45) is 5.92 Å². The number of rotatable bonds is 8. The van der Waals surface area contributed by atoms with Gasteiger partial charge in [0, 0.05) is 42.2 Å². The molecule has 4 rings (SSSR count). The lowest BCUT2D eigenvalue weighted by atomic mass is 9.96. The molecule has 3 aromatic carbocycles. The minimum atomic E-state index is -0.834. The van der Waals surface area contributed by atoms with E-state index in [4.69, 9.17) is 0 Å². The van der Waals surface area contributed by atoms with E-state index in [9.17, 15) is 25.0 Å².